The second kappa shape index (κ2) is 12.1. The molecule has 228 valence electrons. The monoisotopic (exact) mass is 595 g/mol. The van der Waals surface area contributed by atoms with E-state index in [-0.39, 0.29) is 39.7 Å². The van der Waals surface area contributed by atoms with Gasteiger partial charge in [0, 0.05) is 18.2 Å². The predicted molar refractivity (Wildman–Crippen MR) is 138 cm³/mol. The number of hydrogen-bond acceptors (Lipinski definition) is 14. The summed E-state index contributed by atoms with van der Waals surface area (Å²) < 4.78 is 28.5. The van der Waals surface area contributed by atoms with Crippen LogP contribution < -0.4 is 4.74 Å². The van der Waals surface area contributed by atoms with E-state index >= 15 is 0 Å². The van der Waals surface area contributed by atoms with Crippen LogP contribution in [0.2, 0.25) is 0 Å². The summed E-state index contributed by atoms with van der Waals surface area (Å²) in [7, 11) is 0. The molecule has 0 saturated carbocycles. The van der Waals surface area contributed by atoms with Gasteiger partial charge in [0.25, 0.3) is 0 Å². The van der Waals surface area contributed by atoms with E-state index in [1.165, 1.54) is 36.4 Å². The van der Waals surface area contributed by atoms with E-state index in [2.05, 4.69) is 0 Å². The molecule has 2 aliphatic heterocycles. The molecular weight excluding hydrogens is 564 g/mol. The summed E-state index contributed by atoms with van der Waals surface area (Å²) >= 11 is 0. The normalized spacial score (nSPS) is 33.5. The molecular formula is C27H31O15+. The first-order valence-corrected chi connectivity index (χ1v) is 12.9. The smallest absolute Gasteiger partial charge is 0.368 e. The van der Waals surface area contributed by atoms with Gasteiger partial charge in [-0.25, -0.2) is 4.42 Å². The molecule has 15 heteroatoms. The fourth-order valence-electron chi connectivity index (χ4n) is 4.83. The number of rotatable bonds is 7. The highest BCUT2D eigenvalue weighted by atomic mass is 16.8. The first kappa shape index (κ1) is 30.1. The lowest BCUT2D eigenvalue weighted by Crippen LogP contribution is -2.65. The van der Waals surface area contributed by atoms with E-state index in [9.17, 15) is 51.1 Å². The molecule has 0 unspecified atom stereocenters. The number of aliphatic hydroxyl groups is 7. The third-order valence-corrected chi connectivity index (χ3v) is 7.18. The van der Waals surface area contributed by atoms with Gasteiger partial charge in [-0.15, -0.1) is 0 Å². The Bertz CT molecular complexity index is 1400. The van der Waals surface area contributed by atoms with Crippen LogP contribution in [0.4, 0.5) is 0 Å². The highest BCUT2D eigenvalue weighted by molar-refractivity contribution is 5.86. The topological polar surface area (TPSA) is 251 Å². The van der Waals surface area contributed by atoms with E-state index in [4.69, 9.17) is 23.4 Å². The maximum atomic E-state index is 10.9. The standard InChI is InChI=1S/C27H30O15/c28-8-18-20(33)22(35)24(37)26(40-18)42-25-23(36)21(34)19(9-29)41-27(25)39-17-7-11(30)6-16-12(17)2-4-15(38-16)10-1-3-13(31)14(32)5-10/h1-7,18-29,33-37H,8-9H2,(H2-,30,31,32)/p+1/t18-,19-,20-,21-,22+,23+,24-,25-,26+,27-/m1/s1. The Morgan fingerprint density at radius 1 is 0.690 bits per heavy atom. The Labute approximate surface area is 237 Å². The molecule has 3 heterocycles. The van der Waals surface area contributed by atoms with E-state index in [0.717, 1.165) is 0 Å². The van der Waals surface area contributed by atoms with Gasteiger partial charge in [-0.2, -0.15) is 0 Å². The molecule has 5 rings (SSSR count). The van der Waals surface area contributed by atoms with Crippen molar-refractivity contribution in [3.8, 4) is 34.3 Å². The molecule has 0 radical (unpaired) electrons. The van der Waals surface area contributed by atoms with Crippen LogP contribution in [0.15, 0.2) is 46.9 Å². The minimum atomic E-state index is -1.85. The Hall–Kier alpha value is -3.35. The number of aliphatic hydroxyl groups excluding tert-OH is 7. The molecule has 0 aliphatic carbocycles. The highest BCUT2D eigenvalue weighted by Crippen LogP contribution is 2.38. The number of phenols is 3. The largest absolute Gasteiger partial charge is 0.507 e. The zero-order valence-corrected chi connectivity index (χ0v) is 21.7. The lowest BCUT2D eigenvalue weighted by atomic mass is 9.97. The van der Waals surface area contributed by atoms with Gasteiger partial charge in [0.2, 0.25) is 6.29 Å². The maximum absolute atomic E-state index is 10.9. The van der Waals surface area contributed by atoms with Crippen molar-refractivity contribution in [3.05, 3.63) is 42.5 Å². The van der Waals surface area contributed by atoms with Crippen LogP contribution in [0.3, 0.4) is 0 Å². The van der Waals surface area contributed by atoms with Gasteiger partial charge in [-0.1, -0.05) is 0 Å². The van der Waals surface area contributed by atoms with E-state index in [0.29, 0.717) is 5.56 Å². The lowest BCUT2D eigenvalue weighted by molar-refractivity contribution is -0.357. The summed E-state index contributed by atoms with van der Waals surface area (Å²) in [6.45, 7) is -1.47. The van der Waals surface area contributed by atoms with Gasteiger partial charge in [-0.3, -0.25) is 0 Å². The van der Waals surface area contributed by atoms with Crippen molar-refractivity contribution in [1.82, 2.24) is 0 Å². The molecule has 42 heavy (non-hydrogen) atoms. The van der Waals surface area contributed by atoms with Gasteiger partial charge in [0.05, 0.1) is 24.8 Å². The van der Waals surface area contributed by atoms with Crippen LogP contribution in [0.1, 0.15) is 0 Å². The van der Waals surface area contributed by atoms with Gasteiger partial charge >= 0.3 is 11.3 Å². The van der Waals surface area contributed by atoms with E-state index in [1.54, 1.807) is 6.07 Å². The third-order valence-electron chi connectivity index (χ3n) is 7.18. The zero-order chi connectivity index (χ0) is 30.3. The number of phenolic OH excluding ortho intramolecular Hbond substituents is 3. The number of hydrogen-bond donors (Lipinski definition) is 10. The quantitative estimate of drug-likeness (QED) is 0.110. The van der Waals surface area contributed by atoms with Gasteiger partial charge < -0.3 is 70.0 Å². The summed E-state index contributed by atoms with van der Waals surface area (Å²) in [5, 5.41) is 101. The molecule has 10 atom stereocenters. The molecule has 2 aromatic carbocycles. The number of benzene rings is 2. The van der Waals surface area contributed by atoms with Gasteiger partial charge in [0.1, 0.15) is 59.6 Å². The molecule has 3 aromatic rings. The van der Waals surface area contributed by atoms with Crippen molar-refractivity contribution < 1.29 is 74.4 Å². The number of aromatic hydroxyl groups is 3. The van der Waals surface area contributed by atoms with Crippen molar-refractivity contribution in [2.75, 3.05) is 13.2 Å². The number of fused-ring (bicyclic) bond motifs is 1. The summed E-state index contributed by atoms with van der Waals surface area (Å²) in [5.41, 5.74) is 0.515. The molecule has 0 bridgehead atoms. The molecule has 0 spiro atoms. The van der Waals surface area contributed by atoms with Crippen molar-refractivity contribution in [3.63, 3.8) is 0 Å². The molecule has 0 amide bonds. The van der Waals surface area contributed by atoms with Crippen LogP contribution in [0.25, 0.3) is 22.3 Å². The molecule has 1 aromatic heterocycles. The summed E-state index contributed by atoms with van der Waals surface area (Å²) in [4.78, 5) is 0. The molecule has 2 aliphatic rings. The highest BCUT2D eigenvalue weighted by Gasteiger charge is 2.51. The van der Waals surface area contributed by atoms with Crippen molar-refractivity contribution in [2.45, 2.75) is 61.4 Å². The van der Waals surface area contributed by atoms with Gasteiger partial charge in [-0.05, 0) is 18.2 Å². The average Bonchev–Trinajstić information content (AvgIpc) is 2.97. The van der Waals surface area contributed by atoms with Crippen LogP contribution in [-0.2, 0) is 14.2 Å². The second-order valence-corrected chi connectivity index (χ2v) is 9.98. The van der Waals surface area contributed by atoms with Crippen LogP contribution in [0, 0.1) is 0 Å². The van der Waals surface area contributed by atoms with Crippen LogP contribution in [0.5, 0.6) is 23.0 Å². The fourth-order valence-corrected chi connectivity index (χ4v) is 4.83. The molecule has 2 fully saturated rings. The Morgan fingerprint density at radius 2 is 1.36 bits per heavy atom. The van der Waals surface area contributed by atoms with Crippen molar-refractivity contribution in [2.24, 2.45) is 0 Å². The molecule has 10 N–H and O–H groups in total. The van der Waals surface area contributed by atoms with E-state index < -0.39 is 74.6 Å². The molecule has 15 nitrogen and oxygen atoms in total. The second-order valence-electron chi connectivity index (χ2n) is 9.98. The first-order chi connectivity index (χ1) is 20.0. The summed E-state index contributed by atoms with van der Waals surface area (Å²) in [6.07, 6.45) is -16.5. The minimum absolute atomic E-state index is 0.0541. The summed E-state index contributed by atoms with van der Waals surface area (Å²) in [6, 6.07) is 9.61. The Morgan fingerprint density at radius 3 is 2.02 bits per heavy atom. The Balaban J connectivity index is 1.47. The fraction of sp³-hybridized carbons (Fsp3) is 0.444. The maximum Gasteiger partial charge on any atom is 0.368 e. The van der Waals surface area contributed by atoms with Crippen molar-refractivity contribution in [1.29, 1.82) is 0 Å². The van der Waals surface area contributed by atoms with Crippen LogP contribution >= 0.6 is 0 Å². The Kier molecular flexibility index (Phi) is 8.68. The van der Waals surface area contributed by atoms with Crippen molar-refractivity contribution >= 4 is 11.0 Å². The molecule has 2 saturated heterocycles. The first-order valence-electron chi connectivity index (χ1n) is 12.9. The van der Waals surface area contributed by atoms with Gasteiger partial charge in [0.15, 0.2) is 23.9 Å². The summed E-state index contributed by atoms with van der Waals surface area (Å²) in [5.74, 6) is -0.808. The van der Waals surface area contributed by atoms with E-state index in [1.807, 2.05) is 0 Å². The predicted octanol–water partition coefficient (Wildman–Crippen LogP) is -1.50. The SMILES string of the molecule is OC[C@H]1O[C@@H](O[C@H]2[C@H](Oc3cc(O)cc4[o+]c(-c5ccc(O)c(O)c5)ccc34)O[C@H](CO)[C@@H](O)[C@@H]2O)[C@H](O)[C@@H](O)[C@@H]1O. The lowest BCUT2D eigenvalue weighted by Gasteiger charge is -2.45. The van der Waals surface area contributed by atoms with Crippen LogP contribution in [-0.4, -0.2) is 126 Å². The number of ether oxygens (including phenoxy) is 4. The minimum Gasteiger partial charge on any atom is -0.507 e. The zero-order valence-electron chi connectivity index (χ0n) is 21.7. The average molecular weight is 596 g/mol. The third kappa shape index (κ3) is 5.67.